The van der Waals surface area contributed by atoms with Crippen LogP contribution in [0.1, 0.15) is 23.0 Å². The molecular weight excluding hydrogens is 311 g/mol. The van der Waals surface area contributed by atoms with Crippen molar-refractivity contribution in [3.8, 4) is 0 Å². The van der Waals surface area contributed by atoms with Crippen LogP contribution >= 0.6 is 15.9 Å². The Morgan fingerprint density at radius 2 is 2.26 bits per heavy atom. The zero-order valence-corrected chi connectivity index (χ0v) is 12.4. The Kier molecular flexibility index (Phi) is 4.34. The van der Waals surface area contributed by atoms with Crippen LogP contribution in [0, 0.1) is 12.7 Å². The smallest absolute Gasteiger partial charge is 0.137 e. The first-order valence-electron chi connectivity index (χ1n) is 5.92. The van der Waals surface area contributed by atoms with Gasteiger partial charge in [0.05, 0.1) is 21.9 Å². The molecule has 0 fully saturated rings. The van der Waals surface area contributed by atoms with Gasteiger partial charge in [0.15, 0.2) is 0 Å². The third kappa shape index (κ3) is 3.02. The van der Waals surface area contributed by atoms with E-state index in [9.17, 15) is 4.39 Å². The molecule has 0 amide bonds. The van der Waals surface area contributed by atoms with Crippen molar-refractivity contribution in [1.82, 2.24) is 15.2 Å². The minimum Gasteiger partial charge on any atom is -0.271 e. The number of nitrogens with one attached hydrogen (secondary N) is 1. The summed E-state index contributed by atoms with van der Waals surface area (Å²) in [4.78, 5) is 0. The molecule has 0 aliphatic rings. The molecule has 0 saturated carbocycles. The number of nitrogens with two attached hydrogens (primary N) is 1. The van der Waals surface area contributed by atoms with Gasteiger partial charge in [0, 0.05) is 7.05 Å². The topological polar surface area (TPSA) is 55.9 Å². The summed E-state index contributed by atoms with van der Waals surface area (Å²) in [5.74, 6) is 5.35. The molecule has 0 aliphatic heterocycles. The quantitative estimate of drug-likeness (QED) is 0.670. The molecule has 1 atom stereocenters. The van der Waals surface area contributed by atoms with Crippen molar-refractivity contribution in [3.05, 3.63) is 51.5 Å². The van der Waals surface area contributed by atoms with Crippen LogP contribution in [0.25, 0.3) is 0 Å². The van der Waals surface area contributed by atoms with Gasteiger partial charge in [0.1, 0.15) is 5.82 Å². The van der Waals surface area contributed by atoms with E-state index in [1.165, 1.54) is 6.07 Å². The van der Waals surface area contributed by atoms with E-state index in [0.29, 0.717) is 10.9 Å². The molecule has 2 rings (SSSR count). The Bertz CT molecular complexity index is 582. The van der Waals surface area contributed by atoms with E-state index in [0.717, 1.165) is 17.0 Å². The maximum Gasteiger partial charge on any atom is 0.137 e. The molecule has 3 N–H and O–H groups in total. The fourth-order valence-corrected chi connectivity index (χ4v) is 2.56. The first kappa shape index (κ1) is 14.2. The van der Waals surface area contributed by atoms with Gasteiger partial charge in [0.2, 0.25) is 0 Å². The number of rotatable bonds is 4. The van der Waals surface area contributed by atoms with E-state index in [1.54, 1.807) is 10.7 Å². The Morgan fingerprint density at radius 1 is 1.53 bits per heavy atom. The molecular formula is C13H16BrFN4. The normalized spacial score (nSPS) is 12.7. The SMILES string of the molecule is Cc1cc(C(Cc2cccc(F)c2Br)NN)n(C)n1. The molecule has 1 unspecified atom stereocenters. The Morgan fingerprint density at radius 3 is 2.84 bits per heavy atom. The van der Waals surface area contributed by atoms with Gasteiger partial charge in [-0.1, -0.05) is 12.1 Å². The standard InChI is InChI=1S/C13H16BrFN4/c1-8-6-12(19(2)18-8)11(17-16)7-9-4-3-5-10(15)13(9)14/h3-6,11,17H,7,16H2,1-2H3. The van der Waals surface area contributed by atoms with Crippen LogP contribution in [0.5, 0.6) is 0 Å². The second-order valence-corrected chi connectivity index (χ2v) is 5.26. The molecule has 1 aromatic heterocycles. The number of hydrogen-bond donors (Lipinski definition) is 2. The Labute approximate surface area is 119 Å². The largest absolute Gasteiger partial charge is 0.271 e. The zero-order chi connectivity index (χ0) is 14.0. The third-order valence-electron chi connectivity index (χ3n) is 3.05. The summed E-state index contributed by atoms with van der Waals surface area (Å²) in [7, 11) is 1.87. The van der Waals surface area contributed by atoms with Gasteiger partial charge < -0.3 is 0 Å². The van der Waals surface area contributed by atoms with Crippen molar-refractivity contribution < 1.29 is 4.39 Å². The van der Waals surface area contributed by atoms with Gasteiger partial charge in [0.25, 0.3) is 0 Å². The summed E-state index contributed by atoms with van der Waals surface area (Å²) < 4.78 is 15.8. The molecule has 4 nitrogen and oxygen atoms in total. The van der Waals surface area contributed by atoms with E-state index in [2.05, 4.69) is 26.5 Å². The molecule has 102 valence electrons. The van der Waals surface area contributed by atoms with Crippen molar-refractivity contribution in [1.29, 1.82) is 0 Å². The number of nitrogens with zero attached hydrogens (tertiary/aromatic N) is 2. The van der Waals surface area contributed by atoms with Crippen LogP contribution in [0.15, 0.2) is 28.7 Å². The second kappa shape index (κ2) is 5.81. The highest BCUT2D eigenvalue weighted by Gasteiger charge is 2.17. The number of aromatic nitrogens is 2. The average Bonchev–Trinajstić information content (AvgIpc) is 2.70. The van der Waals surface area contributed by atoms with Crippen LogP contribution in [0.3, 0.4) is 0 Å². The number of hydrogen-bond acceptors (Lipinski definition) is 3. The molecule has 1 aromatic carbocycles. The number of aryl methyl sites for hydroxylation is 2. The summed E-state index contributed by atoms with van der Waals surface area (Å²) >= 11 is 3.27. The molecule has 19 heavy (non-hydrogen) atoms. The molecule has 0 spiro atoms. The molecule has 0 aliphatic carbocycles. The Balaban J connectivity index is 2.29. The molecule has 0 saturated heterocycles. The lowest BCUT2D eigenvalue weighted by molar-refractivity contribution is 0.505. The maximum atomic E-state index is 13.5. The molecule has 6 heteroatoms. The van der Waals surface area contributed by atoms with Crippen LogP contribution < -0.4 is 11.3 Å². The first-order chi connectivity index (χ1) is 9.02. The lowest BCUT2D eigenvalue weighted by atomic mass is 10.0. The average molecular weight is 327 g/mol. The maximum absolute atomic E-state index is 13.5. The van der Waals surface area contributed by atoms with Gasteiger partial charge in [-0.2, -0.15) is 5.10 Å². The van der Waals surface area contributed by atoms with Crippen molar-refractivity contribution >= 4 is 15.9 Å². The Hall–Kier alpha value is -1.24. The van der Waals surface area contributed by atoms with Crippen LogP contribution in [-0.4, -0.2) is 9.78 Å². The fraction of sp³-hybridized carbons (Fsp3) is 0.308. The van der Waals surface area contributed by atoms with Crippen molar-refractivity contribution in [3.63, 3.8) is 0 Å². The van der Waals surface area contributed by atoms with Gasteiger partial charge in [-0.25, -0.2) is 4.39 Å². The van der Waals surface area contributed by atoms with Gasteiger partial charge in [-0.3, -0.25) is 16.0 Å². The summed E-state index contributed by atoms with van der Waals surface area (Å²) in [6, 6.07) is 6.84. The highest BCUT2D eigenvalue weighted by atomic mass is 79.9. The van der Waals surface area contributed by atoms with Gasteiger partial charge in [-0.15, -0.1) is 0 Å². The molecule has 0 radical (unpaired) electrons. The van der Waals surface area contributed by atoms with Crippen LogP contribution in [0.2, 0.25) is 0 Å². The highest BCUT2D eigenvalue weighted by molar-refractivity contribution is 9.10. The first-order valence-corrected chi connectivity index (χ1v) is 6.71. The van der Waals surface area contributed by atoms with E-state index >= 15 is 0 Å². The lowest BCUT2D eigenvalue weighted by Crippen LogP contribution is -2.31. The summed E-state index contributed by atoms with van der Waals surface area (Å²) in [6.45, 7) is 1.93. The summed E-state index contributed by atoms with van der Waals surface area (Å²) in [5, 5.41) is 4.30. The molecule has 2 aromatic rings. The van der Waals surface area contributed by atoms with E-state index in [1.807, 2.05) is 26.1 Å². The number of hydrazine groups is 1. The summed E-state index contributed by atoms with van der Waals surface area (Å²) in [5.41, 5.74) is 5.52. The zero-order valence-electron chi connectivity index (χ0n) is 10.8. The van der Waals surface area contributed by atoms with Crippen LogP contribution in [-0.2, 0) is 13.5 Å². The minimum absolute atomic E-state index is 0.121. The molecule has 1 heterocycles. The number of halogens is 2. The van der Waals surface area contributed by atoms with Crippen molar-refractivity contribution in [2.45, 2.75) is 19.4 Å². The van der Waals surface area contributed by atoms with E-state index < -0.39 is 0 Å². The highest BCUT2D eigenvalue weighted by Crippen LogP contribution is 2.25. The third-order valence-corrected chi connectivity index (χ3v) is 3.94. The molecule has 0 bridgehead atoms. The number of benzene rings is 1. The van der Waals surface area contributed by atoms with E-state index in [-0.39, 0.29) is 11.9 Å². The lowest BCUT2D eigenvalue weighted by Gasteiger charge is -2.17. The van der Waals surface area contributed by atoms with E-state index in [4.69, 9.17) is 5.84 Å². The minimum atomic E-state index is -0.269. The summed E-state index contributed by atoms with van der Waals surface area (Å²) in [6.07, 6.45) is 0.577. The van der Waals surface area contributed by atoms with Crippen molar-refractivity contribution in [2.75, 3.05) is 0 Å². The fourth-order valence-electron chi connectivity index (χ4n) is 2.13. The van der Waals surface area contributed by atoms with Crippen molar-refractivity contribution in [2.24, 2.45) is 12.9 Å². The van der Waals surface area contributed by atoms with Gasteiger partial charge in [-0.05, 0) is 47.0 Å². The second-order valence-electron chi connectivity index (χ2n) is 4.47. The predicted octanol–water partition coefficient (Wildman–Crippen LogP) is 2.38. The predicted molar refractivity (Wildman–Crippen MR) is 75.8 cm³/mol. The van der Waals surface area contributed by atoms with Gasteiger partial charge >= 0.3 is 0 Å². The monoisotopic (exact) mass is 326 g/mol. The van der Waals surface area contributed by atoms with Crippen LogP contribution in [0.4, 0.5) is 4.39 Å².